The van der Waals surface area contributed by atoms with Crippen LogP contribution in [0.15, 0.2) is 0 Å². The van der Waals surface area contributed by atoms with Gasteiger partial charge in [0.2, 0.25) is 5.91 Å². The van der Waals surface area contributed by atoms with Crippen LogP contribution < -0.4 is 11.5 Å². The Hall–Kier alpha value is -0.750. The molecule has 0 saturated heterocycles. The molecule has 0 fully saturated rings. The Morgan fingerprint density at radius 3 is 2.38 bits per heavy atom. The number of amides is 1. The van der Waals surface area contributed by atoms with Crippen LogP contribution in [0.3, 0.4) is 0 Å². The van der Waals surface area contributed by atoms with Crippen molar-refractivity contribution in [3.63, 3.8) is 0 Å². The second-order valence-electron chi connectivity index (χ2n) is 2.70. The first-order valence-corrected chi connectivity index (χ1v) is 4.05. The van der Waals surface area contributed by atoms with Gasteiger partial charge in [-0.05, 0) is 0 Å². The first kappa shape index (κ1) is 12.2. The molecule has 0 unspecified atom stereocenters. The monoisotopic (exact) mass is 195 g/mol. The molecule has 13 heavy (non-hydrogen) atoms. The van der Waals surface area contributed by atoms with Crippen LogP contribution in [0.25, 0.3) is 0 Å². The molecule has 0 rings (SSSR count). The van der Waals surface area contributed by atoms with Crippen molar-refractivity contribution < 1.29 is 13.6 Å². The Labute approximate surface area is 75.9 Å². The highest BCUT2D eigenvalue weighted by atomic mass is 19.3. The van der Waals surface area contributed by atoms with Crippen LogP contribution in [0.4, 0.5) is 8.78 Å². The van der Waals surface area contributed by atoms with E-state index in [9.17, 15) is 13.6 Å². The fraction of sp³-hybridized carbons (Fsp3) is 0.857. The molecule has 1 amide bonds. The summed E-state index contributed by atoms with van der Waals surface area (Å²) in [6.45, 7) is 0.546. The van der Waals surface area contributed by atoms with Gasteiger partial charge >= 0.3 is 0 Å². The minimum absolute atomic E-state index is 0.0900. The summed E-state index contributed by atoms with van der Waals surface area (Å²) in [5.41, 5.74) is 10.1. The average molecular weight is 195 g/mol. The van der Waals surface area contributed by atoms with Gasteiger partial charge in [0.25, 0.3) is 6.43 Å². The van der Waals surface area contributed by atoms with Crippen molar-refractivity contribution in [2.75, 3.05) is 26.2 Å². The lowest BCUT2D eigenvalue weighted by Crippen LogP contribution is -2.36. The Balaban J connectivity index is 3.72. The molecule has 4 nitrogen and oxygen atoms in total. The van der Waals surface area contributed by atoms with E-state index in [1.165, 1.54) is 4.90 Å². The van der Waals surface area contributed by atoms with Crippen LogP contribution in [-0.2, 0) is 4.79 Å². The minimum Gasteiger partial charge on any atom is -0.370 e. The van der Waals surface area contributed by atoms with Crippen LogP contribution in [0, 0.1) is 0 Å². The van der Waals surface area contributed by atoms with E-state index in [0.717, 1.165) is 0 Å². The first-order valence-electron chi connectivity index (χ1n) is 4.05. The Bertz CT molecular complexity index is 155. The van der Waals surface area contributed by atoms with E-state index in [0.29, 0.717) is 13.1 Å². The first-order chi connectivity index (χ1) is 6.06. The Morgan fingerprint density at radius 1 is 1.38 bits per heavy atom. The molecule has 78 valence electrons. The van der Waals surface area contributed by atoms with Gasteiger partial charge in [0.1, 0.15) is 0 Å². The van der Waals surface area contributed by atoms with Gasteiger partial charge < -0.3 is 11.5 Å². The highest BCUT2D eigenvalue weighted by molar-refractivity contribution is 5.73. The second kappa shape index (κ2) is 6.73. The van der Waals surface area contributed by atoms with Crippen molar-refractivity contribution in [1.82, 2.24) is 4.90 Å². The number of alkyl halides is 2. The number of halogens is 2. The van der Waals surface area contributed by atoms with Crippen molar-refractivity contribution in [3.8, 4) is 0 Å². The topological polar surface area (TPSA) is 72.3 Å². The van der Waals surface area contributed by atoms with Gasteiger partial charge in [-0.25, -0.2) is 8.78 Å². The van der Waals surface area contributed by atoms with E-state index in [1.54, 1.807) is 0 Å². The van der Waals surface area contributed by atoms with Crippen molar-refractivity contribution >= 4 is 5.91 Å². The number of hydrogen-bond donors (Lipinski definition) is 2. The number of primary amides is 1. The van der Waals surface area contributed by atoms with Crippen molar-refractivity contribution in [3.05, 3.63) is 0 Å². The van der Waals surface area contributed by atoms with E-state index < -0.39 is 12.3 Å². The largest absolute Gasteiger partial charge is 0.370 e. The zero-order valence-corrected chi connectivity index (χ0v) is 7.38. The summed E-state index contributed by atoms with van der Waals surface area (Å²) in [5, 5.41) is 0. The third kappa shape index (κ3) is 7.61. The minimum atomic E-state index is -2.40. The van der Waals surface area contributed by atoms with Gasteiger partial charge in [0, 0.05) is 26.1 Å². The number of hydrogen-bond acceptors (Lipinski definition) is 3. The van der Waals surface area contributed by atoms with E-state index in [2.05, 4.69) is 0 Å². The molecule has 0 aromatic carbocycles. The lowest BCUT2D eigenvalue weighted by atomic mass is 10.3. The highest BCUT2D eigenvalue weighted by Gasteiger charge is 2.11. The smallest absolute Gasteiger partial charge is 0.251 e. The summed E-state index contributed by atoms with van der Waals surface area (Å²) in [6.07, 6.45) is -2.31. The van der Waals surface area contributed by atoms with Crippen LogP contribution >= 0.6 is 0 Å². The van der Waals surface area contributed by atoms with Crippen LogP contribution in [0.2, 0.25) is 0 Å². The normalized spacial score (nSPS) is 11.2. The number of carbonyl (C=O) groups is 1. The van der Waals surface area contributed by atoms with E-state index in [4.69, 9.17) is 11.5 Å². The van der Waals surface area contributed by atoms with E-state index in [-0.39, 0.29) is 19.5 Å². The van der Waals surface area contributed by atoms with Crippen LogP contribution in [0.1, 0.15) is 6.42 Å². The van der Waals surface area contributed by atoms with E-state index >= 15 is 0 Å². The molecule has 0 spiro atoms. The molecule has 6 heteroatoms. The molecule has 0 aliphatic carbocycles. The average Bonchev–Trinajstić information content (AvgIpc) is 1.99. The number of carbonyl (C=O) groups excluding carboxylic acids is 1. The molecular formula is C7H15F2N3O. The molecule has 0 aromatic heterocycles. The van der Waals surface area contributed by atoms with Gasteiger partial charge in [-0.2, -0.15) is 0 Å². The van der Waals surface area contributed by atoms with Crippen molar-refractivity contribution in [2.45, 2.75) is 12.8 Å². The summed E-state index contributed by atoms with van der Waals surface area (Å²) in [6, 6.07) is 0. The molecule has 0 saturated carbocycles. The van der Waals surface area contributed by atoms with Crippen LogP contribution in [0.5, 0.6) is 0 Å². The number of nitrogens with zero attached hydrogens (tertiary/aromatic N) is 1. The summed E-state index contributed by atoms with van der Waals surface area (Å²) < 4.78 is 23.9. The van der Waals surface area contributed by atoms with Crippen molar-refractivity contribution in [2.24, 2.45) is 11.5 Å². The molecule has 0 radical (unpaired) electrons. The molecule has 0 aliphatic rings. The van der Waals surface area contributed by atoms with Crippen LogP contribution in [-0.4, -0.2) is 43.4 Å². The second-order valence-corrected chi connectivity index (χ2v) is 2.70. The zero-order valence-electron chi connectivity index (χ0n) is 7.38. The summed E-state index contributed by atoms with van der Waals surface area (Å²) in [4.78, 5) is 11.8. The molecule has 0 heterocycles. The lowest BCUT2D eigenvalue weighted by molar-refractivity contribution is -0.118. The standard InChI is InChI=1S/C7H15F2N3O/c8-6(9)5-12(4-2-10)3-1-7(11)13/h6H,1-5,10H2,(H2,11,13). The quantitative estimate of drug-likeness (QED) is 0.569. The third-order valence-electron chi connectivity index (χ3n) is 1.52. The predicted molar refractivity (Wildman–Crippen MR) is 45.3 cm³/mol. The van der Waals surface area contributed by atoms with Crippen molar-refractivity contribution in [1.29, 1.82) is 0 Å². The summed E-state index contributed by atoms with van der Waals surface area (Å²) >= 11 is 0. The Kier molecular flexibility index (Phi) is 6.34. The molecule has 0 atom stereocenters. The molecule has 0 aromatic rings. The van der Waals surface area contributed by atoms with Gasteiger partial charge in [0.05, 0.1) is 6.54 Å². The maximum Gasteiger partial charge on any atom is 0.251 e. The lowest BCUT2D eigenvalue weighted by Gasteiger charge is -2.19. The van der Waals surface area contributed by atoms with E-state index in [1.807, 2.05) is 0 Å². The van der Waals surface area contributed by atoms with Gasteiger partial charge in [0.15, 0.2) is 0 Å². The zero-order chi connectivity index (χ0) is 10.3. The van der Waals surface area contributed by atoms with Gasteiger partial charge in [-0.15, -0.1) is 0 Å². The molecule has 4 N–H and O–H groups in total. The SMILES string of the molecule is NCCN(CCC(N)=O)CC(F)F. The van der Waals surface area contributed by atoms with Gasteiger partial charge in [-0.1, -0.05) is 0 Å². The number of nitrogens with two attached hydrogens (primary N) is 2. The predicted octanol–water partition coefficient (Wildman–Crippen LogP) is -0.612. The van der Waals surface area contributed by atoms with Gasteiger partial charge in [-0.3, -0.25) is 9.69 Å². The maximum atomic E-state index is 11.9. The third-order valence-corrected chi connectivity index (χ3v) is 1.52. The maximum absolute atomic E-state index is 11.9. The molecular weight excluding hydrogens is 180 g/mol. The molecule has 0 aliphatic heterocycles. The highest BCUT2D eigenvalue weighted by Crippen LogP contribution is 1.98. The summed E-state index contributed by atoms with van der Waals surface area (Å²) in [5.74, 6) is -0.490. The fourth-order valence-electron chi connectivity index (χ4n) is 0.940. The number of rotatable bonds is 7. The fourth-order valence-corrected chi connectivity index (χ4v) is 0.940. The molecule has 0 bridgehead atoms. The Morgan fingerprint density at radius 2 is 2.00 bits per heavy atom. The summed E-state index contributed by atoms with van der Waals surface area (Å²) in [7, 11) is 0.